The van der Waals surface area contributed by atoms with Crippen LogP contribution in [0.15, 0.2) is 12.1 Å². The van der Waals surface area contributed by atoms with Crippen LogP contribution in [0.5, 0.6) is 5.75 Å². The molecular formula is C14H21NO3. The Bertz CT molecular complexity index is 461. The van der Waals surface area contributed by atoms with E-state index in [1.165, 1.54) is 0 Å². The molecule has 0 fully saturated rings. The topological polar surface area (TPSA) is 83.5 Å². The number of carboxylic acid groups (broad SMARTS) is 1. The summed E-state index contributed by atoms with van der Waals surface area (Å²) < 4.78 is 0. The van der Waals surface area contributed by atoms with Crippen molar-refractivity contribution in [1.82, 2.24) is 0 Å². The van der Waals surface area contributed by atoms with E-state index >= 15 is 0 Å². The molecule has 0 aliphatic rings. The first kappa shape index (κ1) is 14.5. The lowest BCUT2D eigenvalue weighted by atomic mass is 9.83. The summed E-state index contributed by atoms with van der Waals surface area (Å²) in [4.78, 5) is 10.8. The van der Waals surface area contributed by atoms with Gasteiger partial charge in [0.05, 0.1) is 0 Å². The van der Waals surface area contributed by atoms with Gasteiger partial charge in [0.25, 0.3) is 0 Å². The van der Waals surface area contributed by atoms with E-state index in [1.54, 1.807) is 6.07 Å². The Labute approximate surface area is 107 Å². The summed E-state index contributed by atoms with van der Waals surface area (Å²) in [6.45, 7) is 7.84. The van der Waals surface area contributed by atoms with Crippen LogP contribution in [-0.2, 0) is 16.6 Å². The number of nitrogens with two attached hydrogens (primary N) is 1. The Balaban J connectivity index is 3.17. The van der Waals surface area contributed by atoms with E-state index < -0.39 is 12.0 Å². The first-order valence-electron chi connectivity index (χ1n) is 5.94. The number of benzene rings is 1. The summed E-state index contributed by atoms with van der Waals surface area (Å²) in [7, 11) is 0. The lowest BCUT2D eigenvalue weighted by molar-refractivity contribution is -0.138. The minimum Gasteiger partial charge on any atom is -0.508 e. The first-order valence-corrected chi connectivity index (χ1v) is 5.94. The molecule has 4 heteroatoms. The van der Waals surface area contributed by atoms with Gasteiger partial charge in [0, 0.05) is 0 Å². The second-order valence-corrected chi connectivity index (χ2v) is 5.69. The van der Waals surface area contributed by atoms with Crippen molar-refractivity contribution in [3.63, 3.8) is 0 Å². The number of rotatable bonds is 3. The number of hydrogen-bond acceptors (Lipinski definition) is 3. The number of hydrogen-bond donors (Lipinski definition) is 3. The molecule has 0 amide bonds. The molecule has 0 aliphatic carbocycles. The molecule has 1 unspecified atom stereocenters. The van der Waals surface area contributed by atoms with Crippen molar-refractivity contribution in [3.8, 4) is 5.75 Å². The predicted molar refractivity (Wildman–Crippen MR) is 70.9 cm³/mol. The average molecular weight is 251 g/mol. The van der Waals surface area contributed by atoms with Gasteiger partial charge in [0.15, 0.2) is 0 Å². The third-order valence-electron chi connectivity index (χ3n) is 3.02. The molecule has 18 heavy (non-hydrogen) atoms. The molecule has 1 aromatic rings. The van der Waals surface area contributed by atoms with Gasteiger partial charge in [0.1, 0.15) is 11.8 Å². The largest absolute Gasteiger partial charge is 0.508 e. The van der Waals surface area contributed by atoms with Gasteiger partial charge in [-0.05, 0) is 41.5 Å². The smallest absolute Gasteiger partial charge is 0.320 e. The number of aliphatic carboxylic acids is 1. The molecule has 0 aliphatic heterocycles. The molecule has 1 aromatic carbocycles. The van der Waals surface area contributed by atoms with Crippen molar-refractivity contribution >= 4 is 5.97 Å². The van der Waals surface area contributed by atoms with Crippen LogP contribution in [0.3, 0.4) is 0 Å². The third kappa shape index (κ3) is 3.23. The molecule has 0 bridgehead atoms. The van der Waals surface area contributed by atoms with Crippen molar-refractivity contribution in [1.29, 1.82) is 0 Å². The maximum atomic E-state index is 10.8. The van der Waals surface area contributed by atoms with Crippen LogP contribution in [0, 0.1) is 6.92 Å². The Kier molecular flexibility index (Phi) is 4.02. The quantitative estimate of drug-likeness (QED) is 0.766. The minimum absolute atomic E-state index is 0.195. The molecule has 100 valence electrons. The van der Waals surface area contributed by atoms with Crippen molar-refractivity contribution < 1.29 is 15.0 Å². The Hall–Kier alpha value is -1.55. The van der Waals surface area contributed by atoms with E-state index in [9.17, 15) is 9.90 Å². The minimum atomic E-state index is -1.01. The van der Waals surface area contributed by atoms with Gasteiger partial charge in [-0.2, -0.15) is 0 Å². The summed E-state index contributed by atoms with van der Waals surface area (Å²) in [5, 5.41) is 18.8. The van der Waals surface area contributed by atoms with Crippen LogP contribution in [-0.4, -0.2) is 22.2 Å². The van der Waals surface area contributed by atoms with Crippen molar-refractivity contribution in [2.24, 2.45) is 5.73 Å². The Morgan fingerprint density at radius 3 is 2.39 bits per heavy atom. The molecule has 0 heterocycles. The predicted octanol–water partition coefficient (Wildman–Crippen LogP) is 1.95. The zero-order chi connectivity index (χ0) is 14.1. The fourth-order valence-corrected chi connectivity index (χ4v) is 1.88. The van der Waals surface area contributed by atoms with E-state index in [-0.39, 0.29) is 17.6 Å². The van der Waals surface area contributed by atoms with Gasteiger partial charge in [-0.25, -0.2) is 0 Å². The Morgan fingerprint density at radius 1 is 1.39 bits per heavy atom. The highest BCUT2D eigenvalue weighted by atomic mass is 16.4. The van der Waals surface area contributed by atoms with Crippen LogP contribution < -0.4 is 5.73 Å². The van der Waals surface area contributed by atoms with Gasteiger partial charge in [0.2, 0.25) is 0 Å². The van der Waals surface area contributed by atoms with E-state index in [0.717, 1.165) is 16.7 Å². The van der Waals surface area contributed by atoms with Crippen LogP contribution in [0.25, 0.3) is 0 Å². The van der Waals surface area contributed by atoms with Crippen molar-refractivity contribution in [2.75, 3.05) is 0 Å². The highest BCUT2D eigenvalue weighted by Crippen LogP contribution is 2.33. The lowest BCUT2D eigenvalue weighted by Crippen LogP contribution is -2.32. The summed E-state index contributed by atoms with van der Waals surface area (Å²) in [5.41, 5.74) is 7.89. The van der Waals surface area contributed by atoms with Crippen molar-refractivity contribution in [3.05, 3.63) is 28.8 Å². The zero-order valence-electron chi connectivity index (χ0n) is 11.3. The van der Waals surface area contributed by atoms with Gasteiger partial charge < -0.3 is 15.9 Å². The standard InChI is InChI=1S/C14H21NO3/c1-8-5-12(16)10(14(2,3)4)6-9(8)7-11(15)13(17)18/h5-6,11,16H,7,15H2,1-4H3,(H,17,18). The Morgan fingerprint density at radius 2 is 1.94 bits per heavy atom. The van der Waals surface area contributed by atoms with Crippen molar-refractivity contribution in [2.45, 2.75) is 45.6 Å². The molecule has 0 saturated heterocycles. The van der Waals surface area contributed by atoms with E-state index in [2.05, 4.69) is 0 Å². The molecule has 4 nitrogen and oxygen atoms in total. The second-order valence-electron chi connectivity index (χ2n) is 5.69. The number of aryl methyl sites for hydroxylation is 1. The highest BCUT2D eigenvalue weighted by Gasteiger charge is 2.21. The fourth-order valence-electron chi connectivity index (χ4n) is 1.88. The van der Waals surface area contributed by atoms with Gasteiger partial charge in [-0.1, -0.05) is 26.8 Å². The van der Waals surface area contributed by atoms with E-state index in [0.29, 0.717) is 0 Å². The first-order chi connectivity index (χ1) is 8.12. The number of phenols is 1. The maximum absolute atomic E-state index is 10.8. The summed E-state index contributed by atoms with van der Waals surface area (Å²) >= 11 is 0. The number of aromatic hydroxyl groups is 1. The molecular weight excluding hydrogens is 230 g/mol. The molecule has 1 atom stereocenters. The SMILES string of the molecule is Cc1cc(O)c(C(C)(C)C)cc1CC(N)C(=O)O. The molecule has 1 rings (SSSR count). The zero-order valence-corrected chi connectivity index (χ0v) is 11.3. The van der Waals surface area contributed by atoms with Gasteiger partial charge >= 0.3 is 5.97 Å². The normalized spacial score (nSPS) is 13.4. The number of carboxylic acids is 1. The lowest BCUT2D eigenvalue weighted by Gasteiger charge is -2.22. The van der Waals surface area contributed by atoms with Crippen LogP contribution in [0.2, 0.25) is 0 Å². The maximum Gasteiger partial charge on any atom is 0.320 e. The summed E-state index contributed by atoms with van der Waals surface area (Å²) in [6, 6.07) is 2.61. The number of phenolic OH excluding ortho intramolecular Hbond substituents is 1. The third-order valence-corrected chi connectivity index (χ3v) is 3.02. The van der Waals surface area contributed by atoms with E-state index in [1.807, 2.05) is 33.8 Å². The van der Waals surface area contributed by atoms with Crippen LogP contribution >= 0.6 is 0 Å². The van der Waals surface area contributed by atoms with Crippen LogP contribution in [0.4, 0.5) is 0 Å². The summed E-state index contributed by atoms with van der Waals surface area (Å²) in [5.74, 6) is -0.771. The molecule has 0 spiro atoms. The fraction of sp³-hybridized carbons (Fsp3) is 0.500. The molecule has 0 aromatic heterocycles. The molecule has 0 saturated carbocycles. The van der Waals surface area contributed by atoms with Crippen LogP contribution in [0.1, 0.15) is 37.5 Å². The molecule has 4 N–H and O–H groups in total. The monoisotopic (exact) mass is 251 g/mol. The average Bonchev–Trinajstić information content (AvgIpc) is 2.19. The van der Waals surface area contributed by atoms with E-state index in [4.69, 9.17) is 10.8 Å². The van der Waals surface area contributed by atoms with Gasteiger partial charge in [-0.15, -0.1) is 0 Å². The highest BCUT2D eigenvalue weighted by molar-refractivity contribution is 5.73. The summed E-state index contributed by atoms with van der Waals surface area (Å²) in [6.07, 6.45) is 0.268. The second kappa shape index (κ2) is 4.98. The van der Waals surface area contributed by atoms with Gasteiger partial charge in [-0.3, -0.25) is 4.79 Å². The number of carbonyl (C=O) groups is 1. The molecule has 0 radical (unpaired) electrons.